The minimum atomic E-state index is -0.634. The smallest absolute Gasteiger partial charge is 0.302 e. The zero-order chi connectivity index (χ0) is 13.9. The predicted molar refractivity (Wildman–Crippen MR) is 67.9 cm³/mol. The van der Waals surface area contributed by atoms with Gasteiger partial charge in [-0.25, -0.2) is 0 Å². The number of hydrogen-bond donors (Lipinski definition) is 1. The van der Waals surface area contributed by atoms with E-state index in [1.165, 1.54) is 12.1 Å². The van der Waals surface area contributed by atoms with Gasteiger partial charge in [0, 0.05) is 18.2 Å². The number of benzene rings is 1. The van der Waals surface area contributed by atoms with Gasteiger partial charge >= 0.3 is 5.69 Å². The van der Waals surface area contributed by atoms with E-state index < -0.39 is 9.85 Å². The van der Waals surface area contributed by atoms with Crippen LogP contribution in [0, 0.1) is 34.1 Å². The second kappa shape index (κ2) is 5.26. The summed E-state index contributed by atoms with van der Waals surface area (Å²) in [5.41, 5.74) is 0.290. The first-order valence-electron chi connectivity index (χ1n) is 5.17. The molecule has 0 amide bonds. The number of aryl methyl sites for hydroxylation is 1. The van der Waals surface area contributed by atoms with E-state index in [2.05, 4.69) is 11.9 Å². The van der Waals surface area contributed by atoms with Crippen molar-refractivity contribution in [3.63, 3.8) is 0 Å². The topological polar surface area (TPSA) is 98.3 Å². The summed E-state index contributed by atoms with van der Waals surface area (Å²) in [4.78, 5) is 20.7. The number of anilines is 1. The highest BCUT2D eigenvalue weighted by molar-refractivity contribution is 5.77. The standard InChI is InChI=1S/C11H13N3O4/c1-4-5-12-10-9(13(15)16)6-7(2)8(3)11(10)14(17)18/h4,6,12H,1,5H2,2-3H3. The molecular formula is C11H13N3O4. The monoisotopic (exact) mass is 251 g/mol. The molecule has 0 aliphatic heterocycles. The molecule has 0 aromatic heterocycles. The van der Waals surface area contributed by atoms with E-state index >= 15 is 0 Å². The van der Waals surface area contributed by atoms with Crippen molar-refractivity contribution < 1.29 is 9.85 Å². The Hall–Kier alpha value is -2.44. The summed E-state index contributed by atoms with van der Waals surface area (Å²) in [6.45, 7) is 6.84. The Labute approximate surface area is 103 Å². The molecule has 0 heterocycles. The summed E-state index contributed by atoms with van der Waals surface area (Å²) < 4.78 is 0. The van der Waals surface area contributed by atoms with Crippen LogP contribution >= 0.6 is 0 Å². The highest BCUT2D eigenvalue weighted by atomic mass is 16.6. The van der Waals surface area contributed by atoms with Crippen molar-refractivity contribution in [2.24, 2.45) is 0 Å². The van der Waals surface area contributed by atoms with Crippen LogP contribution in [-0.2, 0) is 0 Å². The van der Waals surface area contributed by atoms with Crippen molar-refractivity contribution in [3.8, 4) is 0 Å². The molecule has 0 aliphatic rings. The Bertz CT molecular complexity index is 526. The molecule has 7 heteroatoms. The predicted octanol–water partition coefficient (Wildman–Crippen LogP) is 2.72. The van der Waals surface area contributed by atoms with E-state index in [1.807, 2.05) is 0 Å². The minimum Gasteiger partial charge on any atom is -0.370 e. The lowest BCUT2D eigenvalue weighted by atomic mass is 10.0. The molecule has 0 spiro atoms. The van der Waals surface area contributed by atoms with Crippen LogP contribution in [-0.4, -0.2) is 16.4 Å². The molecule has 1 rings (SSSR count). The Kier molecular flexibility index (Phi) is 3.98. The van der Waals surface area contributed by atoms with Gasteiger partial charge in [-0.2, -0.15) is 0 Å². The van der Waals surface area contributed by atoms with Gasteiger partial charge in [0.1, 0.15) is 0 Å². The van der Waals surface area contributed by atoms with E-state index in [-0.39, 0.29) is 23.6 Å². The van der Waals surface area contributed by atoms with Crippen molar-refractivity contribution in [1.29, 1.82) is 0 Å². The highest BCUT2D eigenvalue weighted by Gasteiger charge is 2.28. The molecule has 96 valence electrons. The number of nitrogens with one attached hydrogen (secondary N) is 1. The summed E-state index contributed by atoms with van der Waals surface area (Å²) in [6, 6.07) is 1.33. The van der Waals surface area contributed by atoms with Crippen molar-refractivity contribution in [1.82, 2.24) is 0 Å². The molecule has 0 unspecified atom stereocenters. The van der Waals surface area contributed by atoms with Gasteiger partial charge in [0.2, 0.25) is 0 Å². The fourth-order valence-corrected chi connectivity index (χ4v) is 1.60. The van der Waals surface area contributed by atoms with E-state index in [9.17, 15) is 20.2 Å². The highest BCUT2D eigenvalue weighted by Crippen LogP contribution is 2.38. The SMILES string of the molecule is C=CCNc1c([N+](=O)[O-])cc(C)c(C)c1[N+](=O)[O-]. The third kappa shape index (κ3) is 2.45. The molecule has 0 radical (unpaired) electrons. The van der Waals surface area contributed by atoms with E-state index in [4.69, 9.17) is 0 Å². The Morgan fingerprint density at radius 2 is 1.94 bits per heavy atom. The van der Waals surface area contributed by atoms with Crippen LogP contribution in [0.3, 0.4) is 0 Å². The average molecular weight is 251 g/mol. The van der Waals surface area contributed by atoms with Crippen LogP contribution in [0.2, 0.25) is 0 Å². The molecule has 0 fully saturated rings. The van der Waals surface area contributed by atoms with Crippen LogP contribution in [0.25, 0.3) is 0 Å². The summed E-state index contributed by atoms with van der Waals surface area (Å²) >= 11 is 0. The molecule has 0 bridgehead atoms. The number of nitro benzene ring substituents is 2. The van der Waals surface area contributed by atoms with Crippen LogP contribution in [0.1, 0.15) is 11.1 Å². The molecule has 0 saturated heterocycles. The van der Waals surface area contributed by atoms with Crippen LogP contribution < -0.4 is 5.32 Å². The first kappa shape index (κ1) is 13.6. The molecule has 1 aromatic rings. The number of nitrogens with zero attached hydrogens (tertiary/aromatic N) is 2. The quantitative estimate of drug-likeness (QED) is 0.492. The molecule has 1 N–H and O–H groups in total. The van der Waals surface area contributed by atoms with Crippen LogP contribution in [0.4, 0.5) is 17.1 Å². The fraction of sp³-hybridized carbons (Fsp3) is 0.273. The van der Waals surface area contributed by atoms with E-state index in [1.54, 1.807) is 13.8 Å². The molecule has 0 saturated carbocycles. The maximum absolute atomic E-state index is 11.0. The van der Waals surface area contributed by atoms with Crippen molar-refractivity contribution in [2.45, 2.75) is 13.8 Å². The Morgan fingerprint density at radius 3 is 2.39 bits per heavy atom. The second-order valence-electron chi connectivity index (χ2n) is 3.74. The summed E-state index contributed by atoms with van der Waals surface area (Å²) in [6.07, 6.45) is 1.47. The van der Waals surface area contributed by atoms with Crippen LogP contribution in [0.5, 0.6) is 0 Å². The molecule has 0 aliphatic carbocycles. The van der Waals surface area contributed by atoms with Gasteiger partial charge in [0.05, 0.1) is 9.85 Å². The minimum absolute atomic E-state index is 0.0759. The van der Waals surface area contributed by atoms with Crippen LogP contribution in [0.15, 0.2) is 18.7 Å². The fourth-order valence-electron chi connectivity index (χ4n) is 1.60. The lowest BCUT2D eigenvalue weighted by Crippen LogP contribution is -2.07. The van der Waals surface area contributed by atoms with Gasteiger partial charge < -0.3 is 5.32 Å². The summed E-state index contributed by atoms with van der Waals surface area (Å²) in [7, 11) is 0. The normalized spacial score (nSPS) is 9.89. The molecule has 1 aromatic carbocycles. The van der Waals surface area contributed by atoms with Gasteiger partial charge in [-0.15, -0.1) is 6.58 Å². The number of nitro groups is 2. The zero-order valence-electron chi connectivity index (χ0n) is 10.1. The van der Waals surface area contributed by atoms with Gasteiger partial charge in [0.15, 0.2) is 5.69 Å². The van der Waals surface area contributed by atoms with E-state index in [0.29, 0.717) is 11.1 Å². The summed E-state index contributed by atoms with van der Waals surface area (Å²) in [5, 5.41) is 24.7. The zero-order valence-corrected chi connectivity index (χ0v) is 10.1. The molecule has 0 atom stereocenters. The lowest BCUT2D eigenvalue weighted by Gasteiger charge is -2.09. The largest absolute Gasteiger partial charge is 0.370 e. The Balaban J connectivity index is 3.57. The maximum Gasteiger partial charge on any atom is 0.302 e. The van der Waals surface area contributed by atoms with Gasteiger partial charge in [-0.05, 0) is 19.4 Å². The van der Waals surface area contributed by atoms with Crippen molar-refractivity contribution >= 4 is 17.1 Å². The van der Waals surface area contributed by atoms with Gasteiger partial charge in [-0.1, -0.05) is 6.08 Å². The summed E-state index contributed by atoms with van der Waals surface area (Å²) in [5.74, 6) is 0. The van der Waals surface area contributed by atoms with E-state index in [0.717, 1.165) is 0 Å². The molecule has 7 nitrogen and oxygen atoms in total. The maximum atomic E-state index is 11.0. The molecular weight excluding hydrogens is 238 g/mol. The molecule has 18 heavy (non-hydrogen) atoms. The second-order valence-corrected chi connectivity index (χ2v) is 3.74. The number of rotatable bonds is 5. The van der Waals surface area contributed by atoms with Crippen molar-refractivity contribution in [2.75, 3.05) is 11.9 Å². The van der Waals surface area contributed by atoms with Crippen molar-refractivity contribution in [3.05, 3.63) is 50.1 Å². The lowest BCUT2D eigenvalue weighted by molar-refractivity contribution is -0.392. The third-order valence-electron chi connectivity index (χ3n) is 2.60. The van der Waals surface area contributed by atoms with Gasteiger partial charge in [-0.3, -0.25) is 20.2 Å². The third-order valence-corrected chi connectivity index (χ3v) is 2.60. The average Bonchev–Trinajstić information content (AvgIpc) is 2.29. The first-order chi connectivity index (χ1) is 8.40. The van der Waals surface area contributed by atoms with Gasteiger partial charge in [0.25, 0.3) is 5.69 Å². The Morgan fingerprint density at radius 1 is 1.33 bits per heavy atom. The number of hydrogen-bond acceptors (Lipinski definition) is 5. The first-order valence-corrected chi connectivity index (χ1v) is 5.17.